The van der Waals surface area contributed by atoms with Crippen LogP contribution < -0.4 is 19.5 Å². The van der Waals surface area contributed by atoms with Crippen LogP contribution in [-0.4, -0.2) is 30.7 Å². The summed E-state index contributed by atoms with van der Waals surface area (Å²) in [4.78, 5) is 16.3. The van der Waals surface area contributed by atoms with Crippen LogP contribution in [0.2, 0.25) is 0 Å². The highest BCUT2D eigenvalue weighted by Gasteiger charge is 2.17. The van der Waals surface area contributed by atoms with Crippen molar-refractivity contribution < 1.29 is 19.0 Å². The fraction of sp³-hybridized carbons (Fsp3) is 0.400. The number of benzene rings is 1. The average molecular weight is 356 g/mol. The van der Waals surface area contributed by atoms with Crippen molar-refractivity contribution in [2.24, 2.45) is 0 Å². The van der Waals surface area contributed by atoms with Crippen molar-refractivity contribution in [2.45, 2.75) is 38.3 Å². The van der Waals surface area contributed by atoms with Gasteiger partial charge in [-0.05, 0) is 49.4 Å². The van der Waals surface area contributed by atoms with E-state index in [1.165, 1.54) is 12.8 Å². The fourth-order valence-electron chi connectivity index (χ4n) is 2.93. The summed E-state index contributed by atoms with van der Waals surface area (Å²) in [5.74, 6) is 1.56. The number of nitrogens with one attached hydrogen (secondary N) is 1. The van der Waals surface area contributed by atoms with E-state index in [4.69, 9.17) is 14.2 Å². The van der Waals surface area contributed by atoms with E-state index in [9.17, 15) is 4.79 Å². The van der Waals surface area contributed by atoms with Crippen LogP contribution in [0, 0.1) is 0 Å². The predicted molar refractivity (Wildman–Crippen MR) is 97.5 cm³/mol. The quantitative estimate of drug-likeness (QED) is 0.787. The second-order valence-corrected chi connectivity index (χ2v) is 6.24. The molecule has 0 aliphatic heterocycles. The highest BCUT2D eigenvalue weighted by Crippen LogP contribution is 2.25. The fourth-order valence-corrected chi connectivity index (χ4v) is 2.93. The first-order chi connectivity index (χ1) is 12.7. The molecule has 0 unspecified atom stereocenters. The maximum Gasteiger partial charge on any atom is 0.258 e. The molecule has 6 nitrogen and oxygen atoms in total. The molecule has 138 valence electrons. The highest BCUT2D eigenvalue weighted by atomic mass is 16.5. The van der Waals surface area contributed by atoms with Crippen molar-refractivity contribution in [1.29, 1.82) is 0 Å². The Morgan fingerprint density at radius 1 is 1.19 bits per heavy atom. The number of carbonyl (C=O) groups is 1. The molecule has 1 heterocycles. The first-order valence-corrected chi connectivity index (χ1v) is 8.88. The minimum atomic E-state index is -0.203. The number of carbonyl (C=O) groups excluding carboxylic acids is 1. The molecule has 2 aromatic rings. The average Bonchev–Trinajstić information content (AvgIpc) is 3.18. The molecule has 1 fully saturated rings. The summed E-state index contributed by atoms with van der Waals surface area (Å²) in [6.45, 7) is 0.328. The van der Waals surface area contributed by atoms with Gasteiger partial charge in [-0.1, -0.05) is 12.1 Å². The first-order valence-electron chi connectivity index (χ1n) is 8.88. The van der Waals surface area contributed by atoms with Gasteiger partial charge in [0.05, 0.1) is 7.11 Å². The van der Waals surface area contributed by atoms with Gasteiger partial charge in [0.1, 0.15) is 6.10 Å². The Morgan fingerprint density at radius 2 is 1.96 bits per heavy atom. The molecular formula is C20H24N2O4. The molecule has 1 N–H and O–H groups in total. The lowest BCUT2D eigenvalue weighted by molar-refractivity contribution is -0.123. The van der Waals surface area contributed by atoms with Gasteiger partial charge < -0.3 is 19.5 Å². The van der Waals surface area contributed by atoms with Gasteiger partial charge in [0.15, 0.2) is 18.1 Å². The van der Waals surface area contributed by atoms with E-state index in [-0.39, 0.29) is 18.6 Å². The summed E-state index contributed by atoms with van der Waals surface area (Å²) in [7, 11) is 1.57. The van der Waals surface area contributed by atoms with Crippen LogP contribution in [0.5, 0.6) is 17.4 Å². The van der Waals surface area contributed by atoms with Crippen molar-refractivity contribution in [2.75, 3.05) is 13.7 Å². The maximum atomic E-state index is 12.0. The van der Waals surface area contributed by atoms with E-state index in [1.54, 1.807) is 25.4 Å². The van der Waals surface area contributed by atoms with Gasteiger partial charge in [-0.15, -0.1) is 0 Å². The molecule has 0 spiro atoms. The third-order valence-electron chi connectivity index (χ3n) is 4.31. The van der Waals surface area contributed by atoms with E-state index >= 15 is 0 Å². The molecule has 3 rings (SSSR count). The molecule has 0 atom stereocenters. The van der Waals surface area contributed by atoms with E-state index < -0.39 is 0 Å². The number of hydrogen-bond donors (Lipinski definition) is 1. The Morgan fingerprint density at radius 3 is 2.73 bits per heavy atom. The molecule has 1 aromatic carbocycles. The number of rotatable bonds is 8. The molecule has 0 bridgehead atoms. The summed E-state index contributed by atoms with van der Waals surface area (Å²) in [5, 5.41) is 2.84. The van der Waals surface area contributed by atoms with Crippen LogP contribution in [0.25, 0.3) is 0 Å². The molecule has 1 aliphatic rings. The Balaban J connectivity index is 1.46. The topological polar surface area (TPSA) is 69.7 Å². The van der Waals surface area contributed by atoms with Gasteiger partial charge in [0.2, 0.25) is 5.88 Å². The summed E-state index contributed by atoms with van der Waals surface area (Å²) in [6.07, 6.45) is 6.57. The van der Waals surface area contributed by atoms with E-state index in [0.29, 0.717) is 23.9 Å². The predicted octanol–water partition coefficient (Wildman–Crippen LogP) is 3.11. The zero-order chi connectivity index (χ0) is 18.2. The Hall–Kier alpha value is -2.76. The largest absolute Gasteiger partial charge is 0.493 e. The zero-order valence-electron chi connectivity index (χ0n) is 14.9. The van der Waals surface area contributed by atoms with Gasteiger partial charge in [-0.2, -0.15) is 0 Å². The SMILES string of the molecule is COc1ccccc1OCC(=O)NCc1ccnc(OC2CCCC2)c1. The molecule has 0 radical (unpaired) electrons. The van der Waals surface area contributed by atoms with Crippen molar-refractivity contribution in [3.05, 3.63) is 48.2 Å². The standard InChI is InChI=1S/C20H24N2O4/c1-24-17-8-4-5-9-18(17)25-14-19(23)22-13-15-10-11-21-20(12-15)26-16-6-2-3-7-16/h4-5,8-12,16H,2-3,6-7,13-14H2,1H3,(H,22,23). The summed E-state index contributed by atoms with van der Waals surface area (Å²) >= 11 is 0. The highest BCUT2D eigenvalue weighted by molar-refractivity contribution is 5.77. The summed E-state index contributed by atoms with van der Waals surface area (Å²) in [6, 6.07) is 11.0. The summed E-state index contributed by atoms with van der Waals surface area (Å²) in [5.41, 5.74) is 0.943. The number of aromatic nitrogens is 1. The van der Waals surface area contributed by atoms with Gasteiger partial charge in [0.25, 0.3) is 5.91 Å². The number of methoxy groups -OCH3 is 1. The van der Waals surface area contributed by atoms with Crippen molar-refractivity contribution in [3.8, 4) is 17.4 Å². The monoisotopic (exact) mass is 356 g/mol. The Bertz CT molecular complexity index is 729. The number of pyridine rings is 1. The van der Waals surface area contributed by atoms with Crippen LogP contribution in [0.15, 0.2) is 42.6 Å². The van der Waals surface area contributed by atoms with Crippen LogP contribution in [0.1, 0.15) is 31.2 Å². The Kier molecular flexibility index (Phi) is 6.30. The number of ether oxygens (including phenoxy) is 3. The van der Waals surface area contributed by atoms with E-state index in [1.807, 2.05) is 24.3 Å². The number of nitrogens with zero attached hydrogens (tertiary/aromatic N) is 1. The number of amides is 1. The normalized spacial score (nSPS) is 14.0. The van der Waals surface area contributed by atoms with Crippen LogP contribution in [0.4, 0.5) is 0 Å². The molecule has 0 saturated heterocycles. The first kappa shape index (κ1) is 18.0. The lowest BCUT2D eigenvalue weighted by Crippen LogP contribution is -2.28. The lowest BCUT2D eigenvalue weighted by atomic mass is 10.2. The smallest absolute Gasteiger partial charge is 0.258 e. The minimum absolute atomic E-state index is 0.0725. The molecule has 1 amide bonds. The molecule has 1 aliphatic carbocycles. The second kappa shape index (κ2) is 9.08. The molecule has 1 saturated carbocycles. The molecule has 6 heteroatoms. The lowest BCUT2D eigenvalue weighted by Gasteiger charge is -2.13. The van der Waals surface area contributed by atoms with Crippen LogP contribution >= 0.6 is 0 Å². The van der Waals surface area contributed by atoms with Gasteiger partial charge >= 0.3 is 0 Å². The van der Waals surface area contributed by atoms with Crippen LogP contribution in [0.3, 0.4) is 0 Å². The maximum absolute atomic E-state index is 12.0. The van der Waals surface area contributed by atoms with Crippen molar-refractivity contribution in [3.63, 3.8) is 0 Å². The number of para-hydroxylation sites is 2. The third kappa shape index (κ3) is 5.12. The molecule has 26 heavy (non-hydrogen) atoms. The summed E-state index contributed by atoms with van der Waals surface area (Å²) < 4.78 is 16.6. The van der Waals surface area contributed by atoms with Gasteiger partial charge in [-0.25, -0.2) is 4.98 Å². The zero-order valence-corrected chi connectivity index (χ0v) is 14.9. The van der Waals surface area contributed by atoms with Crippen LogP contribution in [-0.2, 0) is 11.3 Å². The third-order valence-corrected chi connectivity index (χ3v) is 4.31. The van der Waals surface area contributed by atoms with Crippen molar-refractivity contribution >= 4 is 5.91 Å². The van der Waals surface area contributed by atoms with Gasteiger partial charge in [-0.3, -0.25) is 4.79 Å². The van der Waals surface area contributed by atoms with E-state index in [0.717, 1.165) is 18.4 Å². The number of hydrogen-bond acceptors (Lipinski definition) is 5. The van der Waals surface area contributed by atoms with E-state index in [2.05, 4.69) is 10.3 Å². The minimum Gasteiger partial charge on any atom is -0.493 e. The van der Waals surface area contributed by atoms with Crippen molar-refractivity contribution in [1.82, 2.24) is 10.3 Å². The second-order valence-electron chi connectivity index (χ2n) is 6.24. The Labute approximate surface area is 153 Å². The molecular weight excluding hydrogens is 332 g/mol. The van der Waals surface area contributed by atoms with Gasteiger partial charge in [0, 0.05) is 18.8 Å². The molecule has 1 aromatic heterocycles.